The molecule has 0 bridgehead atoms. The zero-order valence-corrected chi connectivity index (χ0v) is 24.9. The number of aryl methyl sites for hydroxylation is 1. The number of carbonyl (C=O) groups excluding carboxylic acids is 1. The third-order valence-corrected chi connectivity index (χ3v) is 8.94. The van der Waals surface area contributed by atoms with E-state index in [1.165, 1.54) is 30.5 Å². The highest BCUT2D eigenvalue weighted by Gasteiger charge is 2.26. The lowest BCUT2D eigenvalue weighted by Crippen LogP contribution is -2.40. The molecule has 3 aromatic carbocycles. The maximum Gasteiger partial charge on any atom is 0.255 e. The molecule has 0 fully saturated rings. The van der Waals surface area contributed by atoms with E-state index >= 15 is 0 Å². The standard InChI is InChI=1S/C29H27Cl3N4O3S/c1-20-16-23(21(2)36(20)28-17-25(31)10-13-27(28)32)18-33-34-29(37)19-35(15-14-22-6-4-3-5-7-22)40(38,39)26-11-8-24(30)9-12-26/h3-13,16-18H,14-15,19H2,1-2H3,(H,34,37)/b33-18+. The summed E-state index contributed by atoms with van der Waals surface area (Å²) in [6.45, 7) is 3.52. The molecule has 1 N–H and O–H groups in total. The summed E-state index contributed by atoms with van der Waals surface area (Å²) in [6.07, 6.45) is 1.94. The van der Waals surface area contributed by atoms with Gasteiger partial charge in [0.25, 0.3) is 5.91 Å². The fraction of sp³-hybridized carbons (Fsp3) is 0.172. The molecule has 11 heteroatoms. The number of hydrogen-bond donors (Lipinski definition) is 1. The molecule has 0 spiro atoms. The van der Waals surface area contributed by atoms with Gasteiger partial charge in [0.15, 0.2) is 0 Å². The Bertz CT molecular complexity index is 1640. The second-order valence-electron chi connectivity index (χ2n) is 9.08. The van der Waals surface area contributed by atoms with Gasteiger partial charge in [-0.25, -0.2) is 13.8 Å². The maximum absolute atomic E-state index is 13.4. The molecule has 0 aliphatic heterocycles. The van der Waals surface area contributed by atoms with Gasteiger partial charge in [-0.1, -0.05) is 65.1 Å². The second kappa shape index (κ2) is 13.0. The van der Waals surface area contributed by atoms with Crippen molar-refractivity contribution in [3.05, 3.63) is 116 Å². The minimum atomic E-state index is -3.97. The van der Waals surface area contributed by atoms with E-state index in [4.69, 9.17) is 34.8 Å². The summed E-state index contributed by atoms with van der Waals surface area (Å²) in [5.41, 5.74) is 6.63. The number of hydrazone groups is 1. The summed E-state index contributed by atoms with van der Waals surface area (Å²) >= 11 is 18.5. The molecule has 1 aromatic heterocycles. The van der Waals surface area contributed by atoms with Gasteiger partial charge in [-0.05, 0) is 74.4 Å². The van der Waals surface area contributed by atoms with Gasteiger partial charge in [-0.3, -0.25) is 4.79 Å². The number of hydrogen-bond acceptors (Lipinski definition) is 4. The average molecular weight is 618 g/mol. The second-order valence-corrected chi connectivity index (χ2v) is 12.3. The van der Waals surface area contributed by atoms with Crippen LogP contribution in [0.5, 0.6) is 0 Å². The number of amides is 1. The number of aromatic nitrogens is 1. The summed E-state index contributed by atoms with van der Waals surface area (Å²) in [5.74, 6) is -0.575. The molecule has 40 heavy (non-hydrogen) atoms. The van der Waals surface area contributed by atoms with Crippen LogP contribution >= 0.6 is 34.8 Å². The molecule has 4 rings (SSSR count). The Balaban J connectivity index is 1.50. The van der Waals surface area contributed by atoms with Gasteiger partial charge in [0.05, 0.1) is 28.4 Å². The first-order chi connectivity index (χ1) is 19.1. The third kappa shape index (κ3) is 7.13. The number of rotatable bonds is 10. The zero-order chi connectivity index (χ0) is 28.9. The van der Waals surface area contributed by atoms with Crippen molar-refractivity contribution in [1.82, 2.24) is 14.3 Å². The Morgan fingerprint density at radius 2 is 1.62 bits per heavy atom. The molecule has 0 atom stereocenters. The minimum absolute atomic E-state index is 0.0494. The average Bonchev–Trinajstić information content (AvgIpc) is 3.21. The fourth-order valence-electron chi connectivity index (χ4n) is 4.25. The van der Waals surface area contributed by atoms with Crippen molar-refractivity contribution in [2.45, 2.75) is 25.2 Å². The highest BCUT2D eigenvalue weighted by atomic mass is 35.5. The minimum Gasteiger partial charge on any atom is -0.316 e. The number of sulfonamides is 1. The van der Waals surface area contributed by atoms with Crippen molar-refractivity contribution < 1.29 is 13.2 Å². The predicted molar refractivity (Wildman–Crippen MR) is 161 cm³/mol. The van der Waals surface area contributed by atoms with E-state index in [-0.39, 0.29) is 11.4 Å². The van der Waals surface area contributed by atoms with Gasteiger partial charge in [-0.2, -0.15) is 9.41 Å². The molecule has 0 saturated heterocycles. The Labute approximate surface area is 249 Å². The van der Waals surface area contributed by atoms with Gasteiger partial charge in [0.2, 0.25) is 10.0 Å². The highest BCUT2D eigenvalue weighted by Crippen LogP contribution is 2.28. The molecule has 0 aliphatic carbocycles. The molecule has 208 valence electrons. The largest absolute Gasteiger partial charge is 0.316 e. The van der Waals surface area contributed by atoms with Crippen molar-refractivity contribution in [3.8, 4) is 5.69 Å². The van der Waals surface area contributed by atoms with Gasteiger partial charge in [-0.15, -0.1) is 0 Å². The lowest BCUT2D eigenvalue weighted by atomic mass is 10.1. The molecule has 4 aromatic rings. The van der Waals surface area contributed by atoms with Crippen LogP contribution in [0.3, 0.4) is 0 Å². The van der Waals surface area contributed by atoms with Gasteiger partial charge in [0.1, 0.15) is 0 Å². The smallest absolute Gasteiger partial charge is 0.255 e. The van der Waals surface area contributed by atoms with Gasteiger partial charge in [0, 0.05) is 33.5 Å². The van der Waals surface area contributed by atoms with Crippen LogP contribution in [0.1, 0.15) is 22.5 Å². The Hall–Kier alpha value is -3.14. The lowest BCUT2D eigenvalue weighted by Gasteiger charge is -2.21. The Morgan fingerprint density at radius 1 is 0.950 bits per heavy atom. The van der Waals surface area contributed by atoms with Crippen LogP contribution in [0.4, 0.5) is 0 Å². The van der Waals surface area contributed by atoms with E-state index in [0.29, 0.717) is 21.5 Å². The third-order valence-electron chi connectivity index (χ3n) is 6.28. The highest BCUT2D eigenvalue weighted by molar-refractivity contribution is 7.89. The van der Waals surface area contributed by atoms with Crippen molar-refractivity contribution in [1.29, 1.82) is 0 Å². The quantitative estimate of drug-likeness (QED) is 0.164. The Kier molecular flexibility index (Phi) is 9.71. The van der Waals surface area contributed by atoms with E-state index in [9.17, 15) is 13.2 Å². The molecule has 0 unspecified atom stereocenters. The predicted octanol–water partition coefficient (Wildman–Crippen LogP) is 6.44. The first-order valence-electron chi connectivity index (χ1n) is 12.3. The summed E-state index contributed by atoms with van der Waals surface area (Å²) in [7, 11) is -3.97. The molecule has 0 aliphatic rings. The summed E-state index contributed by atoms with van der Waals surface area (Å²) in [4.78, 5) is 12.9. The molecule has 1 amide bonds. The first kappa shape index (κ1) is 29.8. The normalized spacial score (nSPS) is 11.8. The van der Waals surface area contributed by atoms with Crippen LogP contribution in [-0.2, 0) is 21.2 Å². The number of benzene rings is 3. The van der Waals surface area contributed by atoms with Crippen molar-refractivity contribution in [2.24, 2.45) is 5.10 Å². The number of halogens is 3. The molecule has 7 nitrogen and oxygen atoms in total. The van der Waals surface area contributed by atoms with E-state index in [1.807, 2.05) is 54.8 Å². The number of nitrogens with zero attached hydrogens (tertiary/aromatic N) is 3. The fourth-order valence-corrected chi connectivity index (χ4v) is 6.15. The first-order valence-corrected chi connectivity index (χ1v) is 14.9. The van der Waals surface area contributed by atoms with Crippen LogP contribution in [0.15, 0.2) is 88.9 Å². The summed E-state index contributed by atoms with van der Waals surface area (Å²) in [6, 6.07) is 22.4. The van der Waals surface area contributed by atoms with E-state index < -0.39 is 22.5 Å². The van der Waals surface area contributed by atoms with Crippen molar-refractivity contribution >= 4 is 56.9 Å². The Morgan fingerprint density at radius 3 is 2.33 bits per heavy atom. The zero-order valence-electron chi connectivity index (χ0n) is 21.8. The van der Waals surface area contributed by atoms with Crippen molar-refractivity contribution in [2.75, 3.05) is 13.1 Å². The summed E-state index contributed by atoms with van der Waals surface area (Å²) < 4.78 is 29.9. The summed E-state index contributed by atoms with van der Waals surface area (Å²) in [5, 5.41) is 5.61. The SMILES string of the molecule is Cc1cc(/C=N/NC(=O)CN(CCc2ccccc2)S(=O)(=O)c2ccc(Cl)cc2)c(C)n1-c1cc(Cl)ccc1Cl. The molecule has 0 radical (unpaired) electrons. The molecule has 0 saturated carbocycles. The number of carbonyl (C=O) groups is 1. The van der Waals surface area contributed by atoms with Crippen LogP contribution < -0.4 is 5.43 Å². The van der Waals surface area contributed by atoms with Crippen LogP contribution in [0.25, 0.3) is 5.69 Å². The van der Waals surface area contributed by atoms with E-state index in [1.54, 1.807) is 18.2 Å². The van der Waals surface area contributed by atoms with Crippen molar-refractivity contribution in [3.63, 3.8) is 0 Å². The molecular formula is C29H27Cl3N4O3S. The van der Waals surface area contributed by atoms with Gasteiger partial charge >= 0.3 is 0 Å². The monoisotopic (exact) mass is 616 g/mol. The van der Waals surface area contributed by atoms with Gasteiger partial charge < -0.3 is 4.57 Å². The van der Waals surface area contributed by atoms with E-state index in [0.717, 1.165) is 32.5 Å². The topological polar surface area (TPSA) is 83.8 Å². The van der Waals surface area contributed by atoms with Crippen LogP contribution in [0.2, 0.25) is 15.1 Å². The molecule has 1 heterocycles. The number of nitrogens with one attached hydrogen (secondary N) is 1. The van der Waals surface area contributed by atoms with Crippen LogP contribution in [0, 0.1) is 13.8 Å². The van der Waals surface area contributed by atoms with Crippen LogP contribution in [-0.4, -0.2) is 42.5 Å². The lowest BCUT2D eigenvalue weighted by molar-refractivity contribution is -0.121. The molecular weight excluding hydrogens is 591 g/mol. The maximum atomic E-state index is 13.4. The van der Waals surface area contributed by atoms with E-state index in [2.05, 4.69) is 10.5 Å².